The summed E-state index contributed by atoms with van der Waals surface area (Å²) in [5.74, 6) is -1.53. The summed E-state index contributed by atoms with van der Waals surface area (Å²) in [6, 6.07) is 6.20. The zero-order chi connectivity index (χ0) is 16.5. The Morgan fingerprint density at radius 2 is 1.82 bits per heavy atom. The van der Waals surface area contributed by atoms with Gasteiger partial charge in [0.1, 0.15) is 11.5 Å². The van der Waals surface area contributed by atoms with E-state index >= 15 is 0 Å². The molecule has 0 amide bonds. The number of carbonyl (C=O) groups is 1. The Bertz CT molecular complexity index is 723. The predicted octanol–water partition coefficient (Wildman–Crippen LogP) is 3.78. The Labute approximate surface area is 123 Å². The normalized spacial score (nSPS) is 11.3. The molecule has 116 valence electrons. The number of phenols is 1. The lowest BCUT2D eigenvalue weighted by Crippen LogP contribution is -2.05. The molecule has 4 nitrogen and oxygen atoms in total. The third-order valence-electron chi connectivity index (χ3n) is 3.00. The number of hydrogen-bond donors (Lipinski definition) is 2. The minimum atomic E-state index is -4.55. The van der Waals surface area contributed by atoms with Gasteiger partial charge >= 0.3 is 12.1 Å². The Kier molecular flexibility index (Phi) is 3.99. The summed E-state index contributed by atoms with van der Waals surface area (Å²) in [4.78, 5) is 11.0. The highest BCUT2D eigenvalue weighted by atomic mass is 19.4. The van der Waals surface area contributed by atoms with Crippen LogP contribution < -0.4 is 4.74 Å². The number of methoxy groups -OCH3 is 1. The predicted molar refractivity (Wildman–Crippen MR) is 72.1 cm³/mol. The molecule has 0 saturated heterocycles. The number of halogens is 3. The van der Waals surface area contributed by atoms with Crippen molar-refractivity contribution in [1.29, 1.82) is 0 Å². The van der Waals surface area contributed by atoms with Gasteiger partial charge in [-0.3, -0.25) is 0 Å². The van der Waals surface area contributed by atoms with Crippen LogP contribution in [0.5, 0.6) is 11.5 Å². The molecule has 0 aliphatic carbocycles. The van der Waals surface area contributed by atoms with Gasteiger partial charge < -0.3 is 14.9 Å². The third kappa shape index (κ3) is 3.13. The molecule has 0 spiro atoms. The van der Waals surface area contributed by atoms with Gasteiger partial charge in [0.15, 0.2) is 0 Å². The quantitative estimate of drug-likeness (QED) is 0.905. The summed E-state index contributed by atoms with van der Waals surface area (Å²) >= 11 is 0. The van der Waals surface area contributed by atoms with E-state index in [1.165, 1.54) is 19.2 Å². The fourth-order valence-electron chi connectivity index (χ4n) is 2.00. The van der Waals surface area contributed by atoms with Gasteiger partial charge in [0.05, 0.1) is 18.2 Å². The lowest BCUT2D eigenvalue weighted by atomic mass is 9.99. The second kappa shape index (κ2) is 5.59. The Balaban J connectivity index is 2.67. The number of benzene rings is 2. The van der Waals surface area contributed by atoms with Crippen molar-refractivity contribution in [2.45, 2.75) is 6.18 Å². The van der Waals surface area contributed by atoms with Crippen molar-refractivity contribution in [2.24, 2.45) is 0 Å². The monoisotopic (exact) mass is 312 g/mol. The van der Waals surface area contributed by atoms with Gasteiger partial charge in [-0.05, 0) is 42.0 Å². The van der Waals surface area contributed by atoms with E-state index in [4.69, 9.17) is 9.84 Å². The number of carboxylic acid groups (broad SMARTS) is 1. The minimum Gasteiger partial charge on any atom is -0.508 e. The number of alkyl halides is 3. The fourth-order valence-corrected chi connectivity index (χ4v) is 2.00. The Morgan fingerprint density at radius 3 is 2.36 bits per heavy atom. The lowest BCUT2D eigenvalue weighted by Gasteiger charge is -2.13. The van der Waals surface area contributed by atoms with Crippen molar-refractivity contribution < 1.29 is 32.9 Å². The molecule has 0 saturated carbocycles. The van der Waals surface area contributed by atoms with E-state index in [2.05, 4.69) is 0 Å². The second-order valence-corrected chi connectivity index (χ2v) is 4.49. The fraction of sp³-hybridized carbons (Fsp3) is 0.133. The van der Waals surface area contributed by atoms with Gasteiger partial charge in [-0.25, -0.2) is 4.79 Å². The van der Waals surface area contributed by atoms with Crippen LogP contribution >= 0.6 is 0 Å². The number of ether oxygens (including phenoxy) is 1. The molecule has 2 rings (SSSR count). The molecule has 2 aromatic rings. The number of carboxylic acids is 1. The van der Waals surface area contributed by atoms with Gasteiger partial charge in [0, 0.05) is 5.56 Å². The van der Waals surface area contributed by atoms with Crippen LogP contribution in [0.2, 0.25) is 0 Å². The van der Waals surface area contributed by atoms with Crippen LogP contribution in [0.25, 0.3) is 11.1 Å². The van der Waals surface area contributed by atoms with Gasteiger partial charge in [-0.2, -0.15) is 13.2 Å². The molecule has 0 fully saturated rings. The maximum atomic E-state index is 12.8. The smallest absolute Gasteiger partial charge is 0.416 e. The maximum Gasteiger partial charge on any atom is 0.416 e. The summed E-state index contributed by atoms with van der Waals surface area (Å²) in [5.41, 5.74) is -0.992. The molecule has 2 aromatic carbocycles. The van der Waals surface area contributed by atoms with Crippen molar-refractivity contribution in [3.8, 4) is 22.6 Å². The third-order valence-corrected chi connectivity index (χ3v) is 3.00. The van der Waals surface area contributed by atoms with E-state index in [0.29, 0.717) is 0 Å². The molecule has 0 aromatic heterocycles. The first-order valence-electron chi connectivity index (χ1n) is 6.05. The summed E-state index contributed by atoms with van der Waals surface area (Å²) < 4.78 is 43.5. The van der Waals surface area contributed by atoms with Crippen LogP contribution in [-0.2, 0) is 6.18 Å². The first kappa shape index (κ1) is 15.7. The number of hydrogen-bond acceptors (Lipinski definition) is 3. The summed E-state index contributed by atoms with van der Waals surface area (Å²) in [6.45, 7) is 0. The molecule has 0 aliphatic rings. The molecular weight excluding hydrogens is 301 g/mol. The standard InChI is InChI=1S/C15H11F3O4/c1-22-13-3-2-10(15(16,17)18)7-12(13)8-4-9(14(20)21)6-11(19)5-8/h2-7,19H,1H3,(H,20,21). The van der Waals surface area contributed by atoms with E-state index < -0.39 is 17.7 Å². The Hall–Kier alpha value is -2.70. The van der Waals surface area contributed by atoms with Crippen molar-refractivity contribution in [2.75, 3.05) is 7.11 Å². The van der Waals surface area contributed by atoms with Crippen LogP contribution in [0.3, 0.4) is 0 Å². The molecule has 22 heavy (non-hydrogen) atoms. The van der Waals surface area contributed by atoms with E-state index in [-0.39, 0.29) is 28.2 Å². The average Bonchev–Trinajstić information content (AvgIpc) is 2.44. The first-order valence-corrected chi connectivity index (χ1v) is 6.05. The van der Waals surface area contributed by atoms with Gasteiger partial charge in [0.2, 0.25) is 0 Å². The van der Waals surface area contributed by atoms with Crippen LogP contribution in [0.15, 0.2) is 36.4 Å². The summed E-state index contributed by atoms with van der Waals surface area (Å²) in [6.07, 6.45) is -4.55. The largest absolute Gasteiger partial charge is 0.508 e. The SMILES string of the molecule is COc1ccc(C(F)(F)F)cc1-c1cc(O)cc(C(=O)O)c1. The highest BCUT2D eigenvalue weighted by Crippen LogP contribution is 2.38. The summed E-state index contributed by atoms with van der Waals surface area (Å²) in [5, 5.41) is 18.5. The van der Waals surface area contributed by atoms with Crippen LogP contribution in [0.4, 0.5) is 13.2 Å². The number of rotatable bonds is 3. The number of aromatic hydroxyl groups is 1. The van der Waals surface area contributed by atoms with E-state index in [1.807, 2.05) is 0 Å². The van der Waals surface area contributed by atoms with Gasteiger partial charge in [0.25, 0.3) is 0 Å². The molecule has 0 unspecified atom stereocenters. The first-order chi connectivity index (χ1) is 10.2. The zero-order valence-electron chi connectivity index (χ0n) is 11.3. The molecule has 0 heterocycles. The molecule has 2 N–H and O–H groups in total. The van der Waals surface area contributed by atoms with Crippen molar-refractivity contribution in [3.63, 3.8) is 0 Å². The molecule has 7 heteroatoms. The van der Waals surface area contributed by atoms with Crippen LogP contribution in [0, 0.1) is 0 Å². The van der Waals surface area contributed by atoms with Crippen molar-refractivity contribution in [1.82, 2.24) is 0 Å². The Morgan fingerprint density at radius 1 is 1.14 bits per heavy atom. The maximum absolute atomic E-state index is 12.8. The van der Waals surface area contributed by atoms with Crippen molar-refractivity contribution >= 4 is 5.97 Å². The van der Waals surface area contributed by atoms with E-state index in [1.54, 1.807) is 0 Å². The average molecular weight is 312 g/mol. The molecule has 0 bridgehead atoms. The topological polar surface area (TPSA) is 66.8 Å². The number of phenolic OH excluding ortho intramolecular Hbond substituents is 1. The summed E-state index contributed by atoms with van der Waals surface area (Å²) in [7, 11) is 1.28. The highest BCUT2D eigenvalue weighted by Gasteiger charge is 2.31. The molecule has 0 radical (unpaired) electrons. The van der Waals surface area contributed by atoms with E-state index in [0.717, 1.165) is 24.3 Å². The van der Waals surface area contributed by atoms with Crippen LogP contribution in [-0.4, -0.2) is 23.3 Å². The lowest BCUT2D eigenvalue weighted by molar-refractivity contribution is -0.137. The molecule has 0 atom stereocenters. The van der Waals surface area contributed by atoms with Crippen molar-refractivity contribution in [3.05, 3.63) is 47.5 Å². The van der Waals surface area contributed by atoms with Gasteiger partial charge in [-0.15, -0.1) is 0 Å². The van der Waals surface area contributed by atoms with Crippen LogP contribution in [0.1, 0.15) is 15.9 Å². The number of aromatic carboxylic acids is 1. The second-order valence-electron chi connectivity index (χ2n) is 4.49. The zero-order valence-corrected chi connectivity index (χ0v) is 11.3. The molecular formula is C15H11F3O4. The van der Waals surface area contributed by atoms with Gasteiger partial charge in [-0.1, -0.05) is 0 Å². The van der Waals surface area contributed by atoms with E-state index in [9.17, 15) is 23.1 Å². The highest BCUT2D eigenvalue weighted by molar-refractivity contribution is 5.90. The minimum absolute atomic E-state index is 0.0377. The molecule has 0 aliphatic heterocycles.